The first-order chi connectivity index (χ1) is 7.04. The van der Waals surface area contributed by atoms with Crippen molar-refractivity contribution in [2.24, 2.45) is 11.3 Å². The SMILES string of the molecule is CC1(C)[C@@H](CC2OCCO2)C[C@@H]2O[C@@]21C. The van der Waals surface area contributed by atoms with Crippen LogP contribution in [0.3, 0.4) is 0 Å². The molecule has 3 rings (SSSR count). The highest BCUT2D eigenvalue weighted by atomic mass is 16.7. The van der Waals surface area contributed by atoms with Gasteiger partial charge in [-0.25, -0.2) is 0 Å². The van der Waals surface area contributed by atoms with Gasteiger partial charge in [0.05, 0.1) is 24.9 Å². The summed E-state index contributed by atoms with van der Waals surface area (Å²) in [6, 6.07) is 0. The maximum Gasteiger partial charge on any atom is 0.158 e. The van der Waals surface area contributed by atoms with Crippen molar-refractivity contribution in [2.45, 2.75) is 51.6 Å². The zero-order chi connectivity index (χ0) is 10.7. The van der Waals surface area contributed by atoms with Crippen LogP contribution in [0, 0.1) is 11.3 Å². The largest absolute Gasteiger partial charge is 0.366 e. The molecule has 0 bridgehead atoms. The quantitative estimate of drug-likeness (QED) is 0.656. The lowest BCUT2D eigenvalue weighted by Crippen LogP contribution is -2.35. The molecular formula is C12H20O3. The smallest absolute Gasteiger partial charge is 0.158 e. The Kier molecular flexibility index (Phi) is 1.99. The Hall–Kier alpha value is -0.120. The molecule has 2 heterocycles. The van der Waals surface area contributed by atoms with E-state index in [4.69, 9.17) is 14.2 Å². The summed E-state index contributed by atoms with van der Waals surface area (Å²) in [6.07, 6.45) is 2.73. The maximum atomic E-state index is 5.77. The van der Waals surface area contributed by atoms with Gasteiger partial charge in [0.2, 0.25) is 0 Å². The second-order valence-corrected chi connectivity index (χ2v) is 5.77. The number of fused-ring (bicyclic) bond motifs is 1. The summed E-state index contributed by atoms with van der Waals surface area (Å²) in [6.45, 7) is 8.40. The van der Waals surface area contributed by atoms with Gasteiger partial charge >= 0.3 is 0 Å². The van der Waals surface area contributed by atoms with Crippen LogP contribution < -0.4 is 0 Å². The number of rotatable bonds is 2. The summed E-state index contributed by atoms with van der Waals surface area (Å²) in [5.41, 5.74) is 0.378. The van der Waals surface area contributed by atoms with Crippen LogP contribution in [0.25, 0.3) is 0 Å². The van der Waals surface area contributed by atoms with Gasteiger partial charge in [-0.3, -0.25) is 0 Å². The summed E-state index contributed by atoms with van der Waals surface area (Å²) < 4.78 is 16.8. The van der Waals surface area contributed by atoms with Crippen LogP contribution in [0.4, 0.5) is 0 Å². The van der Waals surface area contributed by atoms with E-state index in [1.54, 1.807) is 0 Å². The van der Waals surface area contributed by atoms with Crippen LogP contribution in [0.2, 0.25) is 0 Å². The Morgan fingerprint density at radius 1 is 1.13 bits per heavy atom. The van der Waals surface area contributed by atoms with Gasteiger partial charge in [-0.05, 0) is 24.7 Å². The van der Waals surface area contributed by atoms with Crippen LogP contribution >= 0.6 is 0 Å². The zero-order valence-corrected chi connectivity index (χ0v) is 9.79. The van der Waals surface area contributed by atoms with Crippen LogP contribution in [-0.2, 0) is 14.2 Å². The molecule has 15 heavy (non-hydrogen) atoms. The van der Waals surface area contributed by atoms with E-state index in [-0.39, 0.29) is 17.3 Å². The molecular weight excluding hydrogens is 192 g/mol. The summed E-state index contributed by atoms with van der Waals surface area (Å²) in [5, 5.41) is 0. The van der Waals surface area contributed by atoms with E-state index in [0.717, 1.165) is 19.6 Å². The van der Waals surface area contributed by atoms with Crippen LogP contribution in [0.5, 0.6) is 0 Å². The molecule has 3 aliphatic rings. The molecule has 0 N–H and O–H groups in total. The third-order valence-electron chi connectivity index (χ3n) is 4.91. The summed E-state index contributed by atoms with van der Waals surface area (Å²) in [7, 11) is 0. The van der Waals surface area contributed by atoms with Crippen LogP contribution in [0.1, 0.15) is 33.6 Å². The van der Waals surface area contributed by atoms with Gasteiger partial charge in [0, 0.05) is 6.42 Å². The molecule has 2 aliphatic heterocycles. The fourth-order valence-corrected chi connectivity index (χ4v) is 3.23. The van der Waals surface area contributed by atoms with Gasteiger partial charge in [-0.15, -0.1) is 0 Å². The molecule has 0 unspecified atom stereocenters. The van der Waals surface area contributed by atoms with Crippen molar-refractivity contribution in [1.82, 2.24) is 0 Å². The number of hydrogen-bond donors (Lipinski definition) is 0. The summed E-state index contributed by atoms with van der Waals surface area (Å²) >= 11 is 0. The normalized spacial score (nSPS) is 48.2. The molecule has 86 valence electrons. The van der Waals surface area contributed by atoms with Gasteiger partial charge in [-0.2, -0.15) is 0 Å². The first kappa shape index (κ1) is 10.1. The number of ether oxygens (including phenoxy) is 3. The zero-order valence-electron chi connectivity index (χ0n) is 9.79. The standard InChI is InChI=1S/C12H20O3/c1-11(2)8(6-9-12(11,3)15-9)7-10-13-4-5-14-10/h8-10H,4-7H2,1-3H3/t8-,9+,12+/m1/s1. The van der Waals surface area contributed by atoms with Crippen molar-refractivity contribution in [3.05, 3.63) is 0 Å². The minimum absolute atomic E-state index is 0.0374. The van der Waals surface area contributed by atoms with Gasteiger partial charge in [0.15, 0.2) is 6.29 Å². The molecule has 3 atom stereocenters. The average molecular weight is 212 g/mol. The summed E-state index contributed by atoms with van der Waals surface area (Å²) in [4.78, 5) is 0. The van der Waals surface area contributed by atoms with Crippen molar-refractivity contribution in [2.75, 3.05) is 13.2 Å². The molecule has 0 aromatic rings. The minimum Gasteiger partial charge on any atom is -0.366 e. The molecule has 3 fully saturated rings. The highest BCUT2D eigenvalue weighted by molar-refractivity contribution is 5.17. The second kappa shape index (κ2) is 2.96. The van der Waals surface area contributed by atoms with Gasteiger partial charge in [0.1, 0.15) is 0 Å². The predicted molar refractivity (Wildman–Crippen MR) is 55.5 cm³/mol. The van der Waals surface area contributed by atoms with Gasteiger partial charge in [-0.1, -0.05) is 13.8 Å². The average Bonchev–Trinajstić information content (AvgIpc) is 2.59. The molecule has 0 spiro atoms. The van der Waals surface area contributed by atoms with Crippen LogP contribution in [0.15, 0.2) is 0 Å². The van der Waals surface area contributed by atoms with Crippen molar-refractivity contribution >= 4 is 0 Å². The molecule has 1 saturated carbocycles. The molecule has 3 nitrogen and oxygen atoms in total. The Balaban J connectivity index is 1.68. The lowest BCUT2D eigenvalue weighted by atomic mass is 9.73. The number of hydrogen-bond acceptors (Lipinski definition) is 3. The van der Waals surface area contributed by atoms with E-state index in [0.29, 0.717) is 12.0 Å². The van der Waals surface area contributed by atoms with E-state index in [9.17, 15) is 0 Å². The van der Waals surface area contributed by atoms with Crippen molar-refractivity contribution in [3.63, 3.8) is 0 Å². The topological polar surface area (TPSA) is 31.0 Å². The van der Waals surface area contributed by atoms with Crippen molar-refractivity contribution < 1.29 is 14.2 Å². The fraction of sp³-hybridized carbons (Fsp3) is 1.00. The van der Waals surface area contributed by atoms with Gasteiger partial charge < -0.3 is 14.2 Å². The molecule has 3 heteroatoms. The Morgan fingerprint density at radius 2 is 1.80 bits per heavy atom. The number of epoxide rings is 1. The lowest BCUT2D eigenvalue weighted by molar-refractivity contribution is -0.0753. The molecule has 0 aromatic carbocycles. The molecule has 0 amide bonds. The van der Waals surface area contributed by atoms with E-state index in [1.165, 1.54) is 6.42 Å². The first-order valence-electron chi connectivity index (χ1n) is 5.95. The Morgan fingerprint density at radius 3 is 2.33 bits per heavy atom. The highest BCUT2D eigenvalue weighted by Gasteiger charge is 2.69. The van der Waals surface area contributed by atoms with Crippen molar-refractivity contribution in [3.8, 4) is 0 Å². The van der Waals surface area contributed by atoms with Crippen molar-refractivity contribution in [1.29, 1.82) is 0 Å². The molecule has 0 aromatic heterocycles. The lowest BCUT2D eigenvalue weighted by Gasteiger charge is -2.34. The van der Waals surface area contributed by atoms with E-state index in [1.807, 2.05) is 0 Å². The monoisotopic (exact) mass is 212 g/mol. The molecule has 1 aliphatic carbocycles. The van der Waals surface area contributed by atoms with E-state index in [2.05, 4.69) is 20.8 Å². The molecule has 0 radical (unpaired) electrons. The predicted octanol–water partition coefficient (Wildman–Crippen LogP) is 1.95. The first-order valence-corrected chi connectivity index (χ1v) is 5.95. The third kappa shape index (κ3) is 1.30. The highest BCUT2D eigenvalue weighted by Crippen LogP contribution is 2.64. The Labute approximate surface area is 91.1 Å². The van der Waals surface area contributed by atoms with E-state index < -0.39 is 0 Å². The van der Waals surface area contributed by atoms with Gasteiger partial charge in [0.25, 0.3) is 0 Å². The second-order valence-electron chi connectivity index (χ2n) is 5.77. The Bertz CT molecular complexity index is 270. The van der Waals surface area contributed by atoms with E-state index >= 15 is 0 Å². The summed E-state index contributed by atoms with van der Waals surface area (Å²) in [5.74, 6) is 0.671. The minimum atomic E-state index is 0.0374. The van der Waals surface area contributed by atoms with Crippen LogP contribution in [-0.4, -0.2) is 31.2 Å². The maximum absolute atomic E-state index is 5.77. The third-order valence-corrected chi connectivity index (χ3v) is 4.91. The fourth-order valence-electron chi connectivity index (χ4n) is 3.23. The molecule has 2 saturated heterocycles.